The van der Waals surface area contributed by atoms with Gasteiger partial charge in [0.1, 0.15) is 17.1 Å². The Morgan fingerprint density at radius 1 is 1.40 bits per heavy atom. The largest absolute Gasteiger partial charge is 0.494 e. The number of nitro groups is 1. The molecule has 0 aliphatic rings. The zero-order chi connectivity index (χ0) is 14.9. The SMILES string of the molecule is COc1ccccc1-n1nc(C(C)C)c([N+](=O)[O-])c1N. The van der Waals surface area contributed by atoms with E-state index in [1.165, 1.54) is 11.8 Å². The van der Waals surface area contributed by atoms with Crippen LogP contribution in [0.25, 0.3) is 5.69 Å². The molecule has 0 radical (unpaired) electrons. The summed E-state index contributed by atoms with van der Waals surface area (Å²) in [4.78, 5) is 10.7. The summed E-state index contributed by atoms with van der Waals surface area (Å²) in [6, 6.07) is 7.09. The fourth-order valence-corrected chi connectivity index (χ4v) is 2.00. The molecule has 0 spiro atoms. The van der Waals surface area contributed by atoms with Gasteiger partial charge in [-0.15, -0.1) is 0 Å². The minimum Gasteiger partial charge on any atom is -0.494 e. The molecule has 1 aromatic carbocycles. The summed E-state index contributed by atoms with van der Waals surface area (Å²) in [5.74, 6) is 0.448. The molecule has 7 nitrogen and oxygen atoms in total. The van der Waals surface area contributed by atoms with E-state index in [9.17, 15) is 10.1 Å². The molecular formula is C13H16N4O3. The van der Waals surface area contributed by atoms with Crippen molar-refractivity contribution in [1.29, 1.82) is 0 Å². The molecule has 1 aromatic heterocycles. The molecule has 0 aliphatic heterocycles. The van der Waals surface area contributed by atoms with Gasteiger partial charge in [-0.3, -0.25) is 10.1 Å². The monoisotopic (exact) mass is 276 g/mol. The Kier molecular flexibility index (Phi) is 3.60. The Balaban J connectivity index is 2.70. The van der Waals surface area contributed by atoms with Crippen molar-refractivity contribution in [1.82, 2.24) is 9.78 Å². The topological polar surface area (TPSA) is 96.2 Å². The number of nitrogen functional groups attached to an aromatic ring is 1. The Morgan fingerprint density at radius 2 is 2.05 bits per heavy atom. The van der Waals surface area contributed by atoms with Crippen LogP contribution in [0.3, 0.4) is 0 Å². The zero-order valence-electron chi connectivity index (χ0n) is 11.5. The first kappa shape index (κ1) is 13.9. The van der Waals surface area contributed by atoms with Gasteiger partial charge in [0.05, 0.1) is 12.0 Å². The maximum Gasteiger partial charge on any atom is 0.334 e. The van der Waals surface area contributed by atoms with E-state index >= 15 is 0 Å². The van der Waals surface area contributed by atoms with Gasteiger partial charge in [0.15, 0.2) is 0 Å². The first-order valence-corrected chi connectivity index (χ1v) is 6.13. The van der Waals surface area contributed by atoms with Crippen molar-refractivity contribution in [2.75, 3.05) is 12.8 Å². The molecule has 2 aromatic rings. The number of rotatable bonds is 4. The predicted molar refractivity (Wildman–Crippen MR) is 75.3 cm³/mol. The van der Waals surface area contributed by atoms with Crippen LogP contribution in [0.15, 0.2) is 24.3 Å². The van der Waals surface area contributed by atoms with Crippen LogP contribution in [-0.2, 0) is 0 Å². The summed E-state index contributed by atoms with van der Waals surface area (Å²) in [5.41, 5.74) is 6.69. The van der Waals surface area contributed by atoms with Crippen molar-refractivity contribution in [3.8, 4) is 11.4 Å². The Labute approximate surface area is 116 Å². The third kappa shape index (κ3) is 2.18. The summed E-state index contributed by atoms with van der Waals surface area (Å²) in [7, 11) is 1.52. The van der Waals surface area contributed by atoms with Crippen molar-refractivity contribution in [2.45, 2.75) is 19.8 Å². The van der Waals surface area contributed by atoms with E-state index in [-0.39, 0.29) is 17.4 Å². The molecule has 1 heterocycles. The normalized spacial score (nSPS) is 10.8. The lowest BCUT2D eigenvalue weighted by Gasteiger charge is -2.08. The van der Waals surface area contributed by atoms with Gasteiger partial charge in [0.2, 0.25) is 5.82 Å². The first-order valence-electron chi connectivity index (χ1n) is 6.13. The minimum atomic E-state index is -0.496. The number of hydrogen-bond donors (Lipinski definition) is 1. The number of ether oxygens (including phenoxy) is 1. The summed E-state index contributed by atoms with van der Waals surface area (Å²) in [6.45, 7) is 3.67. The lowest BCUT2D eigenvalue weighted by molar-refractivity contribution is -0.384. The van der Waals surface area contributed by atoms with Crippen LogP contribution in [0.5, 0.6) is 5.75 Å². The third-order valence-corrected chi connectivity index (χ3v) is 2.96. The molecule has 0 saturated heterocycles. The lowest BCUT2D eigenvalue weighted by atomic mass is 10.1. The van der Waals surface area contributed by atoms with E-state index in [1.54, 1.807) is 24.3 Å². The van der Waals surface area contributed by atoms with Crippen LogP contribution in [0.2, 0.25) is 0 Å². The highest BCUT2D eigenvalue weighted by Gasteiger charge is 2.29. The number of aromatic nitrogens is 2. The second-order valence-electron chi connectivity index (χ2n) is 4.61. The van der Waals surface area contributed by atoms with Gasteiger partial charge in [0.25, 0.3) is 0 Å². The molecule has 0 aliphatic carbocycles. The van der Waals surface area contributed by atoms with Gasteiger partial charge in [0, 0.05) is 5.92 Å². The Hall–Kier alpha value is -2.57. The maximum absolute atomic E-state index is 11.2. The van der Waals surface area contributed by atoms with Gasteiger partial charge in [-0.05, 0) is 12.1 Å². The summed E-state index contributed by atoms with van der Waals surface area (Å²) in [6.07, 6.45) is 0. The highest BCUT2D eigenvalue weighted by Crippen LogP contribution is 2.35. The van der Waals surface area contributed by atoms with E-state index in [0.717, 1.165) is 0 Å². The van der Waals surface area contributed by atoms with E-state index < -0.39 is 4.92 Å². The fourth-order valence-electron chi connectivity index (χ4n) is 2.00. The number of benzene rings is 1. The number of anilines is 1. The number of hydrogen-bond acceptors (Lipinski definition) is 5. The predicted octanol–water partition coefficient (Wildman–Crippen LogP) is 2.49. The Bertz CT molecular complexity index is 649. The Morgan fingerprint density at radius 3 is 2.55 bits per heavy atom. The van der Waals surface area contributed by atoms with Crippen LogP contribution in [0, 0.1) is 10.1 Å². The summed E-state index contributed by atoms with van der Waals surface area (Å²) < 4.78 is 6.59. The van der Waals surface area contributed by atoms with E-state index in [4.69, 9.17) is 10.5 Å². The van der Waals surface area contributed by atoms with Crippen LogP contribution in [-0.4, -0.2) is 21.8 Å². The van der Waals surface area contributed by atoms with Gasteiger partial charge in [-0.1, -0.05) is 26.0 Å². The standard InChI is InChI=1S/C13H16N4O3/c1-8(2)11-12(17(18)19)13(14)16(15-11)9-6-4-5-7-10(9)20-3/h4-8H,14H2,1-3H3. The molecule has 0 atom stereocenters. The van der Waals surface area contributed by atoms with Gasteiger partial charge < -0.3 is 10.5 Å². The number of nitrogens with two attached hydrogens (primary N) is 1. The average Bonchev–Trinajstić information content (AvgIpc) is 2.76. The molecule has 2 N–H and O–H groups in total. The van der Waals surface area contributed by atoms with Gasteiger partial charge in [-0.25, -0.2) is 4.68 Å². The molecule has 0 saturated carbocycles. The number of methoxy groups -OCH3 is 1. The van der Waals surface area contributed by atoms with Crippen LogP contribution < -0.4 is 10.5 Å². The minimum absolute atomic E-state index is 0.00296. The van der Waals surface area contributed by atoms with Crippen molar-refractivity contribution in [2.24, 2.45) is 0 Å². The van der Waals surface area contributed by atoms with Crippen molar-refractivity contribution in [3.05, 3.63) is 40.1 Å². The second kappa shape index (κ2) is 5.20. The fraction of sp³-hybridized carbons (Fsp3) is 0.308. The molecule has 0 amide bonds. The van der Waals surface area contributed by atoms with Crippen molar-refractivity contribution in [3.63, 3.8) is 0 Å². The van der Waals surface area contributed by atoms with Crippen molar-refractivity contribution < 1.29 is 9.66 Å². The van der Waals surface area contributed by atoms with Crippen LogP contribution >= 0.6 is 0 Å². The molecule has 0 fully saturated rings. The maximum atomic E-state index is 11.2. The highest BCUT2D eigenvalue weighted by atomic mass is 16.6. The molecule has 7 heteroatoms. The van der Waals surface area contributed by atoms with Crippen LogP contribution in [0.4, 0.5) is 11.5 Å². The number of nitrogens with zero attached hydrogens (tertiary/aromatic N) is 3. The summed E-state index contributed by atoms with van der Waals surface area (Å²) >= 11 is 0. The average molecular weight is 276 g/mol. The zero-order valence-corrected chi connectivity index (χ0v) is 11.5. The summed E-state index contributed by atoms with van der Waals surface area (Å²) in [5, 5.41) is 15.5. The van der Waals surface area contributed by atoms with Crippen LogP contribution in [0.1, 0.15) is 25.5 Å². The van der Waals surface area contributed by atoms with E-state index in [1.807, 2.05) is 13.8 Å². The number of para-hydroxylation sites is 2. The molecule has 0 bridgehead atoms. The molecule has 20 heavy (non-hydrogen) atoms. The third-order valence-electron chi connectivity index (χ3n) is 2.96. The smallest absolute Gasteiger partial charge is 0.334 e. The highest BCUT2D eigenvalue weighted by molar-refractivity contribution is 5.63. The lowest BCUT2D eigenvalue weighted by Crippen LogP contribution is -2.04. The van der Waals surface area contributed by atoms with E-state index in [0.29, 0.717) is 17.1 Å². The molecular weight excluding hydrogens is 260 g/mol. The molecule has 106 valence electrons. The first-order chi connectivity index (χ1) is 9.47. The second-order valence-corrected chi connectivity index (χ2v) is 4.61. The van der Waals surface area contributed by atoms with Gasteiger partial charge >= 0.3 is 5.69 Å². The molecule has 0 unspecified atom stereocenters. The quantitative estimate of drug-likeness (QED) is 0.683. The molecule has 2 rings (SSSR count). The van der Waals surface area contributed by atoms with Crippen molar-refractivity contribution >= 4 is 11.5 Å². The van der Waals surface area contributed by atoms with E-state index in [2.05, 4.69) is 5.10 Å². The van der Waals surface area contributed by atoms with Gasteiger partial charge in [-0.2, -0.15) is 5.10 Å².